The highest BCUT2D eigenvalue weighted by Gasteiger charge is 2.28. The smallest absolute Gasteiger partial charge is 0.410 e. The van der Waals surface area contributed by atoms with Gasteiger partial charge in [-0.15, -0.1) is 0 Å². The lowest BCUT2D eigenvalue weighted by atomic mass is 9.93. The van der Waals surface area contributed by atoms with E-state index >= 15 is 0 Å². The minimum absolute atomic E-state index is 0.137. The summed E-state index contributed by atoms with van der Waals surface area (Å²) in [6.45, 7) is 13.3. The predicted molar refractivity (Wildman–Crippen MR) is 100 cm³/mol. The topological polar surface area (TPSA) is 73.3 Å². The standard InChI is InChI=1S/C19H35N3O4/c1-15-13-20(11-12-22(15)14-17(23)24)8-5-16-6-9-21(10-7-16)18(25)26-19(2,3)4/h15-16H,5-14H2,1-4H3,(H,23,24). The Labute approximate surface area is 157 Å². The fraction of sp³-hybridized carbons (Fsp3) is 0.895. The third-order valence-corrected chi connectivity index (χ3v) is 5.31. The molecule has 0 aromatic rings. The van der Waals surface area contributed by atoms with Gasteiger partial charge in [-0.1, -0.05) is 0 Å². The minimum Gasteiger partial charge on any atom is -0.480 e. The Morgan fingerprint density at radius 1 is 1.12 bits per heavy atom. The molecule has 0 radical (unpaired) electrons. The van der Waals surface area contributed by atoms with Gasteiger partial charge in [0.05, 0.1) is 6.54 Å². The van der Waals surface area contributed by atoms with Crippen LogP contribution in [0.2, 0.25) is 0 Å². The maximum atomic E-state index is 12.1. The van der Waals surface area contributed by atoms with Crippen LogP contribution >= 0.6 is 0 Å². The summed E-state index contributed by atoms with van der Waals surface area (Å²) in [6, 6.07) is 0.286. The van der Waals surface area contributed by atoms with Gasteiger partial charge in [-0.25, -0.2) is 4.79 Å². The maximum Gasteiger partial charge on any atom is 0.410 e. The highest BCUT2D eigenvalue weighted by molar-refractivity contribution is 5.69. The Morgan fingerprint density at radius 2 is 1.77 bits per heavy atom. The highest BCUT2D eigenvalue weighted by Crippen LogP contribution is 2.23. The van der Waals surface area contributed by atoms with E-state index in [9.17, 15) is 9.59 Å². The molecular formula is C19H35N3O4. The number of carboxylic acids is 1. The summed E-state index contributed by atoms with van der Waals surface area (Å²) in [7, 11) is 0. The van der Waals surface area contributed by atoms with E-state index in [0.29, 0.717) is 5.92 Å². The predicted octanol–water partition coefficient (Wildman–Crippen LogP) is 2.11. The monoisotopic (exact) mass is 369 g/mol. The number of amides is 1. The van der Waals surface area contributed by atoms with E-state index in [0.717, 1.165) is 58.5 Å². The summed E-state index contributed by atoms with van der Waals surface area (Å²) in [5.41, 5.74) is -0.437. The summed E-state index contributed by atoms with van der Waals surface area (Å²) < 4.78 is 5.45. The highest BCUT2D eigenvalue weighted by atomic mass is 16.6. The number of aliphatic carboxylic acids is 1. The number of carbonyl (C=O) groups excluding carboxylic acids is 1. The molecule has 1 amide bonds. The van der Waals surface area contributed by atoms with Crippen molar-refractivity contribution in [3.05, 3.63) is 0 Å². The van der Waals surface area contributed by atoms with Crippen LogP contribution in [0.1, 0.15) is 47.0 Å². The van der Waals surface area contributed by atoms with E-state index in [1.807, 2.05) is 30.6 Å². The number of carboxylic acid groups (broad SMARTS) is 1. The first-order valence-corrected chi connectivity index (χ1v) is 9.80. The molecule has 0 spiro atoms. The van der Waals surface area contributed by atoms with Crippen molar-refractivity contribution in [2.75, 3.05) is 45.8 Å². The van der Waals surface area contributed by atoms with E-state index in [1.54, 1.807) is 0 Å². The SMILES string of the molecule is CC1CN(CCC2CCN(C(=O)OC(C)(C)C)CC2)CCN1CC(=O)O. The zero-order valence-corrected chi connectivity index (χ0v) is 16.7. The molecule has 1 atom stereocenters. The molecule has 2 fully saturated rings. The Balaban J connectivity index is 1.66. The van der Waals surface area contributed by atoms with Crippen molar-refractivity contribution < 1.29 is 19.4 Å². The van der Waals surface area contributed by atoms with Gasteiger partial charge < -0.3 is 19.6 Å². The van der Waals surface area contributed by atoms with Gasteiger partial charge >= 0.3 is 12.1 Å². The summed E-state index contributed by atoms with van der Waals surface area (Å²) >= 11 is 0. The number of hydrogen-bond acceptors (Lipinski definition) is 5. The average Bonchev–Trinajstić information content (AvgIpc) is 2.54. The second-order valence-corrected chi connectivity index (χ2v) is 8.71. The fourth-order valence-corrected chi connectivity index (χ4v) is 3.78. The van der Waals surface area contributed by atoms with E-state index in [-0.39, 0.29) is 18.7 Å². The summed E-state index contributed by atoms with van der Waals surface area (Å²) in [5, 5.41) is 8.95. The molecule has 2 saturated heterocycles. The molecule has 2 heterocycles. The molecule has 0 aliphatic carbocycles. The molecular weight excluding hydrogens is 334 g/mol. The van der Waals surface area contributed by atoms with Crippen LogP contribution in [0, 0.1) is 5.92 Å². The summed E-state index contributed by atoms with van der Waals surface area (Å²) in [6.07, 6.45) is 3.02. The van der Waals surface area contributed by atoms with Gasteiger partial charge in [-0.2, -0.15) is 0 Å². The number of piperidine rings is 1. The molecule has 1 unspecified atom stereocenters. The maximum absolute atomic E-state index is 12.1. The van der Waals surface area contributed by atoms with E-state index < -0.39 is 11.6 Å². The van der Waals surface area contributed by atoms with Crippen molar-refractivity contribution in [2.45, 2.75) is 58.6 Å². The van der Waals surface area contributed by atoms with E-state index in [2.05, 4.69) is 11.8 Å². The molecule has 26 heavy (non-hydrogen) atoms. The number of likely N-dealkylation sites (tertiary alicyclic amines) is 1. The van der Waals surface area contributed by atoms with Gasteiger partial charge in [0.2, 0.25) is 0 Å². The quantitative estimate of drug-likeness (QED) is 0.800. The van der Waals surface area contributed by atoms with Crippen molar-refractivity contribution in [1.82, 2.24) is 14.7 Å². The Kier molecular flexibility index (Phi) is 7.29. The van der Waals surface area contributed by atoms with Crippen molar-refractivity contribution in [3.8, 4) is 0 Å². The molecule has 0 saturated carbocycles. The van der Waals surface area contributed by atoms with E-state index in [4.69, 9.17) is 9.84 Å². The van der Waals surface area contributed by atoms with Gasteiger partial charge in [0.1, 0.15) is 5.60 Å². The molecule has 2 aliphatic rings. The Hall–Kier alpha value is -1.34. The first-order valence-electron chi connectivity index (χ1n) is 9.80. The zero-order valence-electron chi connectivity index (χ0n) is 16.7. The van der Waals surface area contributed by atoms with Gasteiger partial charge in [-0.3, -0.25) is 9.69 Å². The van der Waals surface area contributed by atoms with Crippen molar-refractivity contribution in [2.24, 2.45) is 5.92 Å². The van der Waals surface area contributed by atoms with Crippen LogP contribution in [-0.2, 0) is 9.53 Å². The van der Waals surface area contributed by atoms with Crippen LogP contribution in [-0.4, -0.2) is 89.3 Å². The number of piperazine rings is 1. The third-order valence-electron chi connectivity index (χ3n) is 5.31. The van der Waals surface area contributed by atoms with Gasteiger partial charge in [-0.05, 0) is 59.4 Å². The first-order chi connectivity index (χ1) is 12.1. The van der Waals surface area contributed by atoms with Gasteiger partial charge in [0.15, 0.2) is 0 Å². The number of nitrogens with zero attached hydrogens (tertiary/aromatic N) is 3. The molecule has 7 nitrogen and oxygen atoms in total. The Morgan fingerprint density at radius 3 is 2.31 bits per heavy atom. The summed E-state index contributed by atoms with van der Waals surface area (Å²) in [5.74, 6) is -0.0944. The summed E-state index contributed by atoms with van der Waals surface area (Å²) in [4.78, 5) is 29.3. The number of carbonyl (C=O) groups is 2. The molecule has 0 aromatic carbocycles. The van der Waals surface area contributed by atoms with Crippen LogP contribution in [0.5, 0.6) is 0 Å². The van der Waals surface area contributed by atoms with Crippen molar-refractivity contribution in [3.63, 3.8) is 0 Å². The molecule has 2 rings (SSSR count). The molecule has 150 valence electrons. The molecule has 0 aromatic heterocycles. The minimum atomic E-state index is -0.748. The largest absolute Gasteiger partial charge is 0.480 e. The lowest BCUT2D eigenvalue weighted by molar-refractivity contribution is -0.139. The second-order valence-electron chi connectivity index (χ2n) is 8.71. The van der Waals surface area contributed by atoms with Crippen LogP contribution in [0.3, 0.4) is 0 Å². The fourth-order valence-electron chi connectivity index (χ4n) is 3.78. The molecule has 0 bridgehead atoms. The number of hydrogen-bond donors (Lipinski definition) is 1. The zero-order chi connectivity index (χ0) is 19.3. The first kappa shape index (κ1) is 21.0. The van der Waals surface area contributed by atoms with E-state index in [1.165, 1.54) is 0 Å². The lowest BCUT2D eigenvalue weighted by Gasteiger charge is -2.40. The molecule has 1 N–H and O–H groups in total. The third kappa shape index (κ3) is 6.76. The molecule has 7 heteroatoms. The number of ether oxygens (including phenoxy) is 1. The van der Waals surface area contributed by atoms with Crippen molar-refractivity contribution in [1.29, 1.82) is 0 Å². The lowest BCUT2D eigenvalue weighted by Crippen LogP contribution is -2.53. The molecule has 2 aliphatic heterocycles. The van der Waals surface area contributed by atoms with Crippen LogP contribution < -0.4 is 0 Å². The van der Waals surface area contributed by atoms with Gasteiger partial charge in [0.25, 0.3) is 0 Å². The average molecular weight is 370 g/mol. The Bertz CT molecular complexity index is 484. The van der Waals surface area contributed by atoms with Crippen LogP contribution in [0.4, 0.5) is 4.79 Å². The van der Waals surface area contributed by atoms with Crippen molar-refractivity contribution >= 4 is 12.1 Å². The number of rotatable bonds is 5. The van der Waals surface area contributed by atoms with Gasteiger partial charge in [0, 0.05) is 38.8 Å². The van der Waals surface area contributed by atoms with Crippen LogP contribution in [0.15, 0.2) is 0 Å². The second kappa shape index (κ2) is 9.04. The van der Waals surface area contributed by atoms with Crippen LogP contribution in [0.25, 0.3) is 0 Å². The normalized spacial score (nSPS) is 23.8.